The molecule has 0 radical (unpaired) electrons. The molecule has 0 spiro atoms. The monoisotopic (exact) mass is 358 g/mol. The number of pyridine rings is 1. The molecule has 2 heterocycles. The molecule has 0 aliphatic rings. The molecule has 6 nitrogen and oxygen atoms in total. The molecule has 0 aliphatic carbocycles. The maximum atomic E-state index is 6.17. The number of rotatable bonds is 4. The Kier molecular flexibility index (Phi) is 4.30. The number of ether oxygens (including phenoxy) is 2. The van der Waals surface area contributed by atoms with Crippen LogP contribution in [0.5, 0.6) is 11.5 Å². The largest absolute Gasteiger partial charge is 0.497 e. The number of hydrogen-bond acceptors (Lipinski definition) is 6. The van der Waals surface area contributed by atoms with Crippen molar-refractivity contribution in [3.63, 3.8) is 0 Å². The van der Waals surface area contributed by atoms with Crippen LogP contribution in [0.3, 0.4) is 0 Å². The summed E-state index contributed by atoms with van der Waals surface area (Å²) in [6, 6.07) is 17.6. The second kappa shape index (κ2) is 6.92. The highest BCUT2D eigenvalue weighted by molar-refractivity contribution is 6.02. The van der Waals surface area contributed by atoms with Gasteiger partial charge in [0.2, 0.25) is 0 Å². The molecule has 0 amide bonds. The average Bonchev–Trinajstić information content (AvgIpc) is 2.73. The van der Waals surface area contributed by atoms with E-state index in [0.717, 1.165) is 22.4 Å². The van der Waals surface area contributed by atoms with Gasteiger partial charge in [0.15, 0.2) is 5.65 Å². The third-order valence-corrected chi connectivity index (χ3v) is 4.40. The molecule has 0 aliphatic heterocycles. The van der Waals surface area contributed by atoms with Crippen LogP contribution in [0.2, 0.25) is 0 Å². The molecule has 2 aromatic carbocycles. The summed E-state index contributed by atoms with van der Waals surface area (Å²) in [5, 5.41) is 0.695. The minimum atomic E-state index is 0.375. The summed E-state index contributed by atoms with van der Waals surface area (Å²) < 4.78 is 10.9. The third kappa shape index (κ3) is 3.01. The quantitative estimate of drug-likeness (QED) is 0.594. The zero-order valence-corrected chi connectivity index (χ0v) is 15.0. The Morgan fingerprint density at radius 1 is 0.852 bits per heavy atom. The standard InChI is InChI=1S/C21H18N4O2/c1-26-14-8-9-15(18(10-14)27-2)16-11-17(13-6-4-3-5-7-13)25-21-19(16)20(22)23-12-24-21/h3-12H,1-2H3,(H2,22,23,24,25). The van der Waals surface area contributed by atoms with Crippen molar-refractivity contribution in [3.8, 4) is 33.9 Å². The zero-order chi connectivity index (χ0) is 18.8. The fraction of sp³-hybridized carbons (Fsp3) is 0.0952. The predicted octanol–water partition coefficient (Wildman–Crippen LogP) is 3.96. The van der Waals surface area contributed by atoms with Crippen molar-refractivity contribution < 1.29 is 9.47 Å². The molecule has 134 valence electrons. The molecule has 2 N–H and O–H groups in total. The number of nitrogen functional groups attached to an aromatic ring is 1. The lowest BCUT2D eigenvalue weighted by Crippen LogP contribution is -1.99. The van der Waals surface area contributed by atoms with Gasteiger partial charge in [0.1, 0.15) is 23.6 Å². The summed E-state index contributed by atoms with van der Waals surface area (Å²) in [4.78, 5) is 13.2. The normalized spacial score (nSPS) is 10.7. The number of hydrogen-bond donors (Lipinski definition) is 1. The fourth-order valence-corrected chi connectivity index (χ4v) is 3.08. The van der Waals surface area contributed by atoms with Crippen LogP contribution in [0.25, 0.3) is 33.4 Å². The van der Waals surface area contributed by atoms with Gasteiger partial charge in [-0.15, -0.1) is 0 Å². The first kappa shape index (κ1) is 16.8. The Morgan fingerprint density at radius 2 is 1.67 bits per heavy atom. The molecular weight excluding hydrogens is 340 g/mol. The topological polar surface area (TPSA) is 83.2 Å². The van der Waals surface area contributed by atoms with E-state index in [1.54, 1.807) is 14.2 Å². The van der Waals surface area contributed by atoms with Gasteiger partial charge in [-0.05, 0) is 18.2 Å². The maximum Gasteiger partial charge on any atom is 0.165 e. The first-order valence-corrected chi connectivity index (χ1v) is 8.40. The molecule has 2 aromatic heterocycles. The van der Waals surface area contributed by atoms with Gasteiger partial charge in [-0.3, -0.25) is 0 Å². The van der Waals surface area contributed by atoms with Gasteiger partial charge in [0, 0.05) is 22.8 Å². The lowest BCUT2D eigenvalue weighted by molar-refractivity contribution is 0.395. The first-order valence-electron chi connectivity index (χ1n) is 8.40. The van der Waals surface area contributed by atoms with E-state index in [1.807, 2.05) is 54.6 Å². The van der Waals surface area contributed by atoms with Gasteiger partial charge in [-0.25, -0.2) is 15.0 Å². The van der Waals surface area contributed by atoms with Crippen LogP contribution in [-0.2, 0) is 0 Å². The molecule has 4 rings (SSSR count). The van der Waals surface area contributed by atoms with Crippen molar-refractivity contribution in [2.75, 3.05) is 20.0 Å². The third-order valence-electron chi connectivity index (χ3n) is 4.40. The molecular formula is C21H18N4O2. The number of nitrogens with zero attached hydrogens (tertiary/aromatic N) is 3. The molecule has 0 atom stereocenters. The van der Waals surface area contributed by atoms with E-state index in [0.29, 0.717) is 28.4 Å². The second-order valence-electron chi connectivity index (χ2n) is 5.94. The number of anilines is 1. The van der Waals surface area contributed by atoms with Crippen molar-refractivity contribution in [2.45, 2.75) is 0 Å². The van der Waals surface area contributed by atoms with Gasteiger partial charge >= 0.3 is 0 Å². The van der Waals surface area contributed by atoms with E-state index in [4.69, 9.17) is 15.2 Å². The lowest BCUT2D eigenvalue weighted by Gasteiger charge is -2.14. The zero-order valence-electron chi connectivity index (χ0n) is 15.0. The highest BCUT2D eigenvalue weighted by Crippen LogP contribution is 2.39. The van der Waals surface area contributed by atoms with Crippen LogP contribution in [0.4, 0.5) is 5.82 Å². The summed E-state index contributed by atoms with van der Waals surface area (Å²) in [6.07, 6.45) is 1.43. The van der Waals surface area contributed by atoms with Crippen molar-refractivity contribution in [1.82, 2.24) is 15.0 Å². The smallest absolute Gasteiger partial charge is 0.165 e. The lowest BCUT2D eigenvalue weighted by atomic mass is 9.99. The Bertz CT molecular complexity index is 1110. The van der Waals surface area contributed by atoms with Crippen LogP contribution >= 0.6 is 0 Å². The second-order valence-corrected chi connectivity index (χ2v) is 5.94. The Hall–Kier alpha value is -3.67. The van der Waals surface area contributed by atoms with Crippen LogP contribution in [0, 0.1) is 0 Å². The minimum Gasteiger partial charge on any atom is -0.497 e. The summed E-state index contributed by atoms with van der Waals surface area (Å²) in [5.41, 5.74) is 10.2. The van der Waals surface area contributed by atoms with E-state index in [1.165, 1.54) is 6.33 Å². The average molecular weight is 358 g/mol. The SMILES string of the molecule is COc1ccc(-c2cc(-c3ccccc3)nc3ncnc(N)c23)c(OC)c1. The van der Waals surface area contributed by atoms with Gasteiger partial charge in [0.05, 0.1) is 25.3 Å². The van der Waals surface area contributed by atoms with E-state index < -0.39 is 0 Å². The van der Waals surface area contributed by atoms with Gasteiger partial charge in [-0.1, -0.05) is 30.3 Å². The molecule has 6 heteroatoms. The number of fused-ring (bicyclic) bond motifs is 1. The van der Waals surface area contributed by atoms with Gasteiger partial charge in [-0.2, -0.15) is 0 Å². The minimum absolute atomic E-state index is 0.375. The van der Waals surface area contributed by atoms with Crippen LogP contribution < -0.4 is 15.2 Å². The number of nitrogens with two attached hydrogens (primary N) is 1. The van der Waals surface area contributed by atoms with E-state index in [2.05, 4.69) is 15.0 Å². The van der Waals surface area contributed by atoms with Crippen molar-refractivity contribution in [2.24, 2.45) is 0 Å². The number of aromatic nitrogens is 3. The number of methoxy groups -OCH3 is 2. The highest BCUT2D eigenvalue weighted by Gasteiger charge is 2.17. The summed E-state index contributed by atoms with van der Waals surface area (Å²) in [6.45, 7) is 0. The predicted molar refractivity (Wildman–Crippen MR) is 106 cm³/mol. The van der Waals surface area contributed by atoms with Crippen LogP contribution in [0.1, 0.15) is 0 Å². The van der Waals surface area contributed by atoms with Gasteiger partial charge < -0.3 is 15.2 Å². The Balaban J connectivity index is 2.04. The van der Waals surface area contributed by atoms with Crippen molar-refractivity contribution in [1.29, 1.82) is 0 Å². The van der Waals surface area contributed by atoms with Gasteiger partial charge in [0.25, 0.3) is 0 Å². The van der Waals surface area contributed by atoms with E-state index in [-0.39, 0.29) is 0 Å². The van der Waals surface area contributed by atoms with Crippen molar-refractivity contribution in [3.05, 3.63) is 60.9 Å². The molecule has 0 saturated carbocycles. The maximum absolute atomic E-state index is 6.17. The molecule has 0 fully saturated rings. The van der Waals surface area contributed by atoms with Crippen molar-refractivity contribution >= 4 is 16.9 Å². The van der Waals surface area contributed by atoms with E-state index >= 15 is 0 Å². The Labute approximate surface area is 156 Å². The molecule has 0 bridgehead atoms. The summed E-state index contributed by atoms with van der Waals surface area (Å²) in [5.74, 6) is 1.76. The highest BCUT2D eigenvalue weighted by atomic mass is 16.5. The fourth-order valence-electron chi connectivity index (χ4n) is 3.08. The Morgan fingerprint density at radius 3 is 2.41 bits per heavy atom. The molecule has 4 aromatic rings. The van der Waals surface area contributed by atoms with E-state index in [9.17, 15) is 0 Å². The number of benzene rings is 2. The van der Waals surface area contributed by atoms with Crippen LogP contribution in [-0.4, -0.2) is 29.2 Å². The molecule has 27 heavy (non-hydrogen) atoms. The van der Waals surface area contributed by atoms with Crippen LogP contribution in [0.15, 0.2) is 60.9 Å². The molecule has 0 saturated heterocycles. The summed E-state index contributed by atoms with van der Waals surface area (Å²) in [7, 11) is 3.25. The molecule has 0 unspecified atom stereocenters. The first-order chi connectivity index (χ1) is 13.2. The summed E-state index contributed by atoms with van der Waals surface area (Å²) >= 11 is 0.